The molecule has 0 amide bonds. The summed E-state index contributed by atoms with van der Waals surface area (Å²) in [5.74, 6) is -0.378. The molecule has 0 atom stereocenters. The normalized spacial score (nSPS) is 12.1. The van der Waals surface area contributed by atoms with Crippen LogP contribution in [-0.4, -0.2) is 10.2 Å². The fourth-order valence-corrected chi connectivity index (χ4v) is 3.48. The van der Waals surface area contributed by atoms with E-state index in [1.54, 1.807) is 19.1 Å². The molecule has 5 heteroatoms. The van der Waals surface area contributed by atoms with Gasteiger partial charge in [-0.05, 0) is 30.5 Å². The number of hydrogen-bond donors (Lipinski definition) is 2. The van der Waals surface area contributed by atoms with Crippen LogP contribution < -0.4 is 10.9 Å². The maximum atomic E-state index is 12.5. The van der Waals surface area contributed by atoms with E-state index in [2.05, 4.69) is 0 Å². The van der Waals surface area contributed by atoms with Crippen LogP contribution in [0.15, 0.2) is 26.1 Å². The number of phenols is 2. The van der Waals surface area contributed by atoms with Crippen molar-refractivity contribution in [2.45, 2.75) is 26.7 Å². The Morgan fingerprint density at radius 2 is 1.57 bits per heavy atom. The highest BCUT2D eigenvalue weighted by Crippen LogP contribution is 2.47. The molecule has 0 aliphatic heterocycles. The quantitative estimate of drug-likeness (QED) is 0.338. The van der Waals surface area contributed by atoms with Gasteiger partial charge in [-0.15, -0.1) is 0 Å². The van der Waals surface area contributed by atoms with Crippen molar-refractivity contribution in [3.8, 4) is 11.5 Å². The van der Waals surface area contributed by atoms with E-state index in [0.717, 1.165) is 0 Å². The Balaban J connectivity index is 2.42. The van der Waals surface area contributed by atoms with Gasteiger partial charge in [0.15, 0.2) is 11.2 Å². The number of benzene rings is 3. The van der Waals surface area contributed by atoms with Gasteiger partial charge in [0.2, 0.25) is 10.9 Å². The average Bonchev–Trinajstić information content (AvgIpc) is 3.33. The molecule has 0 fully saturated rings. The van der Waals surface area contributed by atoms with Crippen molar-refractivity contribution >= 4 is 32.7 Å². The first-order valence-corrected chi connectivity index (χ1v) is 7.55. The van der Waals surface area contributed by atoms with Gasteiger partial charge >= 0.3 is 0 Å². The second-order valence-electron chi connectivity index (χ2n) is 5.69. The monoisotopic (exact) mass is 310 g/mol. The molecule has 1 aromatic heterocycles. The molecule has 0 radical (unpaired) electrons. The zero-order valence-corrected chi connectivity index (χ0v) is 12.7. The molecule has 5 nitrogen and oxygen atoms in total. The number of hydrogen-bond acceptors (Lipinski definition) is 5. The molecule has 0 saturated carbocycles. The van der Waals surface area contributed by atoms with Gasteiger partial charge in [0, 0.05) is 16.3 Å². The number of aryl methyl sites for hydroxylation is 1. The summed E-state index contributed by atoms with van der Waals surface area (Å²) in [6, 6.07) is 3.24. The molecular weight excluding hydrogens is 296 g/mol. The zero-order chi connectivity index (χ0) is 16.5. The van der Waals surface area contributed by atoms with Crippen LogP contribution in [-0.2, 0) is 12.8 Å². The van der Waals surface area contributed by atoms with Crippen LogP contribution >= 0.6 is 0 Å². The van der Waals surface area contributed by atoms with E-state index in [4.69, 9.17) is 4.42 Å². The van der Waals surface area contributed by atoms with Gasteiger partial charge in [-0.25, -0.2) is 0 Å². The lowest BCUT2D eigenvalue weighted by Crippen LogP contribution is -2.29. The molecule has 1 heterocycles. The largest absolute Gasteiger partial charge is 0.506 e. The summed E-state index contributed by atoms with van der Waals surface area (Å²) in [5.41, 5.74) is 0.791. The van der Waals surface area contributed by atoms with Crippen LogP contribution in [0.1, 0.15) is 25.0 Å². The lowest BCUT2D eigenvalue weighted by atomic mass is 9.91. The highest BCUT2D eigenvalue weighted by Gasteiger charge is 2.26. The minimum Gasteiger partial charge on any atom is -0.506 e. The molecule has 0 bridgehead atoms. The second-order valence-corrected chi connectivity index (χ2v) is 5.69. The SMILES string of the molecule is CCc1c(CC)c2c(O)c3c(ccc4oc43)c(O)c2c(=O)c1=O. The molecule has 116 valence electrons. The Kier molecular flexibility index (Phi) is 2.61. The molecular formula is C18H14O5. The van der Waals surface area contributed by atoms with Gasteiger partial charge in [0.1, 0.15) is 11.5 Å². The number of rotatable bonds is 2. The second kappa shape index (κ2) is 4.35. The minimum absolute atomic E-state index is 0.102. The van der Waals surface area contributed by atoms with E-state index in [-0.39, 0.29) is 22.3 Å². The smallest absolute Gasteiger partial charge is 0.237 e. The predicted molar refractivity (Wildman–Crippen MR) is 88.2 cm³/mol. The first-order valence-electron chi connectivity index (χ1n) is 7.55. The van der Waals surface area contributed by atoms with Crippen molar-refractivity contribution in [1.29, 1.82) is 0 Å². The summed E-state index contributed by atoms with van der Waals surface area (Å²) in [6.45, 7) is 3.65. The van der Waals surface area contributed by atoms with Crippen molar-refractivity contribution in [3.05, 3.63) is 43.7 Å². The van der Waals surface area contributed by atoms with E-state index in [9.17, 15) is 19.8 Å². The lowest BCUT2D eigenvalue weighted by Gasteiger charge is -2.13. The van der Waals surface area contributed by atoms with Crippen molar-refractivity contribution in [2.75, 3.05) is 0 Å². The third-order valence-electron chi connectivity index (χ3n) is 4.59. The third kappa shape index (κ3) is 1.56. The van der Waals surface area contributed by atoms with Gasteiger partial charge in [0.25, 0.3) is 0 Å². The molecule has 3 aromatic carbocycles. The van der Waals surface area contributed by atoms with Gasteiger partial charge in [-0.1, -0.05) is 13.8 Å². The van der Waals surface area contributed by atoms with Crippen LogP contribution in [0.3, 0.4) is 0 Å². The average molecular weight is 310 g/mol. The molecule has 4 aromatic rings. The topological polar surface area (TPSA) is 87.7 Å². The summed E-state index contributed by atoms with van der Waals surface area (Å²) < 4.78 is 5.31. The Hall–Kier alpha value is -2.82. The Labute approximate surface area is 130 Å². The molecule has 0 aliphatic rings. The molecule has 23 heavy (non-hydrogen) atoms. The number of phenolic OH excluding ortho intramolecular Hbond substituents is 2. The van der Waals surface area contributed by atoms with Crippen LogP contribution in [0, 0.1) is 0 Å². The van der Waals surface area contributed by atoms with Crippen molar-refractivity contribution < 1.29 is 14.6 Å². The van der Waals surface area contributed by atoms with Crippen LogP contribution in [0.2, 0.25) is 0 Å². The molecule has 0 spiro atoms. The van der Waals surface area contributed by atoms with Crippen molar-refractivity contribution in [3.63, 3.8) is 0 Å². The van der Waals surface area contributed by atoms with Crippen LogP contribution in [0.25, 0.3) is 32.7 Å². The molecule has 0 aliphatic carbocycles. The Morgan fingerprint density at radius 3 is 2.22 bits per heavy atom. The first kappa shape index (κ1) is 13.8. The maximum absolute atomic E-state index is 12.5. The van der Waals surface area contributed by atoms with Crippen molar-refractivity contribution in [1.82, 2.24) is 0 Å². The van der Waals surface area contributed by atoms with E-state index in [1.165, 1.54) is 0 Å². The maximum Gasteiger partial charge on any atom is 0.237 e. The first-order chi connectivity index (χ1) is 11.0. The number of aromatic hydroxyl groups is 2. The highest BCUT2D eigenvalue weighted by atomic mass is 16.4. The summed E-state index contributed by atoms with van der Waals surface area (Å²) in [6.07, 6.45) is 0.873. The molecule has 2 N–H and O–H groups in total. The van der Waals surface area contributed by atoms with Gasteiger partial charge in [0.05, 0.1) is 10.8 Å². The third-order valence-corrected chi connectivity index (χ3v) is 4.59. The van der Waals surface area contributed by atoms with E-state index in [0.29, 0.717) is 45.9 Å². The van der Waals surface area contributed by atoms with E-state index >= 15 is 0 Å². The lowest BCUT2D eigenvalue weighted by molar-refractivity contribution is 0.478. The van der Waals surface area contributed by atoms with Gasteiger partial charge in [-0.3, -0.25) is 9.59 Å². The Morgan fingerprint density at radius 1 is 0.870 bits per heavy atom. The fraction of sp³-hybridized carbons (Fsp3) is 0.222. The molecule has 4 rings (SSSR count). The Bertz CT molecular complexity index is 1190. The fourth-order valence-electron chi connectivity index (χ4n) is 3.48. The number of fused-ring (bicyclic) bond motifs is 4. The van der Waals surface area contributed by atoms with E-state index in [1.807, 2.05) is 6.92 Å². The van der Waals surface area contributed by atoms with E-state index < -0.39 is 10.9 Å². The standard InChI is InChI=1S/C18H14O5/c1-3-7-8(4-2)15(20)17(22)13-11(7)16(21)12-9(14(13)19)5-6-10-18(12)23-10/h5-6,19,21H,3-4H2,1-2H3. The summed E-state index contributed by atoms with van der Waals surface area (Å²) >= 11 is 0. The van der Waals surface area contributed by atoms with Crippen LogP contribution in [0.4, 0.5) is 0 Å². The van der Waals surface area contributed by atoms with Gasteiger partial charge < -0.3 is 14.6 Å². The minimum atomic E-state index is -0.769. The summed E-state index contributed by atoms with van der Waals surface area (Å²) in [4.78, 5) is 24.8. The molecule has 0 unspecified atom stereocenters. The predicted octanol–water partition coefficient (Wildman–Crippen LogP) is 2.87. The summed E-state index contributed by atoms with van der Waals surface area (Å²) in [5, 5.41) is 22.2. The van der Waals surface area contributed by atoms with Crippen LogP contribution in [0.5, 0.6) is 11.5 Å². The summed E-state index contributed by atoms with van der Waals surface area (Å²) in [7, 11) is 0. The zero-order valence-electron chi connectivity index (χ0n) is 12.7. The van der Waals surface area contributed by atoms with Gasteiger partial charge in [-0.2, -0.15) is 0 Å². The van der Waals surface area contributed by atoms with Crippen molar-refractivity contribution in [2.24, 2.45) is 0 Å². The molecule has 0 saturated heterocycles. The highest BCUT2D eigenvalue weighted by molar-refractivity contribution is 6.20.